The number of carbonyl (C=O) groups is 2. The number of benzene rings is 2. The number of thioether (sulfide) groups is 1. The normalized spacial score (nSPS) is 10.2. The second-order valence-corrected chi connectivity index (χ2v) is 6.31. The van der Waals surface area contributed by atoms with Gasteiger partial charge in [0.2, 0.25) is 0 Å². The van der Waals surface area contributed by atoms with Crippen molar-refractivity contribution in [1.82, 2.24) is 0 Å². The van der Waals surface area contributed by atoms with Gasteiger partial charge in [0.05, 0.1) is 5.69 Å². The summed E-state index contributed by atoms with van der Waals surface area (Å²) in [5.74, 6) is -0.351. The van der Waals surface area contributed by atoms with Crippen LogP contribution in [0.2, 0.25) is 0 Å². The number of esters is 1. The van der Waals surface area contributed by atoms with E-state index in [0.717, 1.165) is 16.0 Å². The van der Waals surface area contributed by atoms with Gasteiger partial charge in [-0.15, -0.1) is 11.8 Å². The molecule has 0 bridgehead atoms. The standard InChI is InChI=1S/C19H21NO4S/c1-13-8-9-16(14(2)10-13)23-12-19(22)24-11-18(21)20-15-6-4-5-7-17(15)25-3/h4-10H,11-12H2,1-3H3,(H,20,21). The van der Waals surface area contributed by atoms with Crippen molar-refractivity contribution in [1.29, 1.82) is 0 Å². The highest BCUT2D eigenvalue weighted by Gasteiger charge is 2.11. The number of carbonyl (C=O) groups excluding carboxylic acids is 2. The molecule has 0 saturated carbocycles. The molecule has 0 fully saturated rings. The Balaban J connectivity index is 1.78. The largest absolute Gasteiger partial charge is 0.482 e. The van der Waals surface area contributed by atoms with Gasteiger partial charge in [0.1, 0.15) is 5.75 Å². The predicted molar refractivity (Wildman–Crippen MR) is 99.2 cm³/mol. The molecular formula is C19H21NO4S. The van der Waals surface area contributed by atoms with Crippen LogP contribution in [-0.2, 0) is 14.3 Å². The molecule has 2 aromatic rings. The Kier molecular flexibility index (Phi) is 6.89. The van der Waals surface area contributed by atoms with Gasteiger partial charge in [-0.25, -0.2) is 4.79 Å². The number of hydrogen-bond donors (Lipinski definition) is 1. The molecule has 1 amide bonds. The SMILES string of the molecule is CSc1ccccc1NC(=O)COC(=O)COc1ccc(C)cc1C. The minimum atomic E-state index is -0.590. The van der Waals surface area contributed by atoms with Gasteiger partial charge in [-0.2, -0.15) is 0 Å². The van der Waals surface area contributed by atoms with Crippen LogP contribution in [0.25, 0.3) is 0 Å². The van der Waals surface area contributed by atoms with Crippen LogP contribution < -0.4 is 10.1 Å². The molecule has 0 saturated heterocycles. The fraction of sp³-hybridized carbons (Fsp3) is 0.263. The van der Waals surface area contributed by atoms with Crippen LogP contribution in [0.1, 0.15) is 11.1 Å². The summed E-state index contributed by atoms with van der Waals surface area (Å²) >= 11 is 1.53. The Morgan fingerprint density at radius 3 is 2.56 bits per heavy atom. The summed E-state index contributed by atoms with van der Waals surface area (Å²) in [7, 11) is 0. The Bertz CT molecular complexity index is 761. The molecule has 0 radical (unpaired) electrons. The Hall–Kier alpha value is -2.47. The number of amides is 1. The maximum absolute atomic E-state index is 11.9. The second-order valence-electron chi connectivity index (χ2n) is 5.47. The Morgan fingerprint density at radius 2 is 1.84 bits per heavy atom. The van der Waals surface area contributed by atoms with Crippen LogP contribution in [0.15, 0.2) is 47.4 Å². The molecular weight excluding hydrogens is 338 g/mol. The van der Waals surface area contributed by atoms with Crippen molar-refractivity contribution in [3.05, 3.63) is 53.6 Å². The molecule has 0 aliphatic rings. The summed E-state index contributed by atoms with van der Waals surface area (Å²) in [6, 6.07) is 13.1. The lowest BCUT2D eigenvalue weighted by Gasteiger charge is -2.11. The van der Waals surface area contributed by atoms with Gasteiger partial charge in [0, 0.05) is 4.90 Å². The number of anilines is 1. The van der Waals surface area contributed by atoms with E-state index in [-0.39, 0.29) is 19.1 Å². The molecule has 132 valence electrons. The number of aryl methyl sites for hydroxylation is 2. The van der Waals surface area contributed by atoms with Crippen LogP contribution in [0.4, 0.5) is 5.69 Å². The predicted octanol–water partition coefficient (Wildman–Crippen LogP) is 3.59. The van der Waals surface area contributed by atoms with Crippen LogP contribution in [0, 0.1) is 13.8 Å². The van der Waals surface area contributed by atoms with E-state index in [1.54, 1.807) is 6.07 Å². The fourth-order valence-electron chi connectivity index (χ4n) is 2.22. The highest BCUT2D eigenvalue weighted by Crippen LogP contribution is 2.24. The first-order valence-electron chi connectivity index (χ1n) is 7.78. The molecule has 6 heteroatoms. The topological polar surface area (TPSA) is 64.6 Å². The zero-order chi connectivity index (χ0) is 18.2. The summed E-state index contributed by atoms with van der Waals surface area (Å²) in [4.78, 5) is 24.6. The molecule has 1 N–H and O–H groups in total. The van der Waals surface area contributed by atoms with E-state index < -0.39 is 5.97 Å². The summed E-state index contributed by atoms with van der Waals surface area (Å²) in [6.07, 6.45) is 1.93. The first-order chi connectivity index (χ1) is 12.0. The van der Waals surface area contributed by atoms with E-state index in [9.17, 15) is 9.59 Å². The van der Waals surface area contributed by atoms with Gasteiger partial charge < -0.3 is 14.8 Å². The van der Waals surface area contributed by atoms with Gasteiger partial charge in [0.15, 0.2) is 13.2 Å². The number of para-hydroxylation sites is 1. The first kappa shape index (κ1) is 18.9. The minimum Gasteiger partial charge on any atom is -0.482 e. The maximum atomic E-state index is 11.9. The molecule has 0 atom stereocenters. The lowest BCUT2D eigenvalue weighted by atomic mass is 10.1. The fourth-order valence-corrected chi connectivity index (χ4v) is 2.77. The zero-order valence-electron chi connectivity index (χ0n) is 14.5. The van der Waals surface area contributed by atoms with Gasteiger partial charge in [0.25, 0.3) is 5.91 Å². The summed E-state index contributed by atoms with van der Waals surface area (Å²) < 4.78 is 10.4. The van der Waals surface area contributed by atoms with Crippen molar-refractivity contribution in [2.75, 3.05) is 24.8 Å². The van der Waals surface area contributed by atoms with E-state index >= 15 is 0 Å². The summed E-state index contributed by atoms with van der Waals surface area (Å²) in [6.45, 7) is 3.31. The molecule has 0 unspecified atom stereocenters. The molecule has 0 aliphatic carbocycles. The third kappa shape index (κ3) is 5.83. The van der Waals surface area contributed by atoms with Crippen molar-refractivity contribution in [2.45, 2.75) is 18.7 Å². The first-order valence-corrected chi connectivity index (χ1v) is 9.00. The number of rotatable bonds is 7. The molecule has 5 nitrogen and oxygen atoms in total. The van der Waals surface area contributed by atoms with Crippen molar-refractivity contribution >= 4 is 29.3 Å². The number of ether oxygens (including phenoxy) is 2. The molecule has 2 aromatic carbocycles. The van der Waals surface area contributed by atoms with Crippen molar-refractivity contribution < 1.29 is 19.1 Å². The van der Waals surface area contributed by atoms with E-state index in [0.29, 0.717) is 11.4 Å². The molecule has 25 heavy (non-hydrogen) atoms. The molecule has 0 spiro atoms. The van der Waals surface area contributed by atoms with Gasteiger partial charge in [-0.05, 0) is 43.9 Å². The van der Waals surface area contributed by atoms with Crippen molar-refractivity contribution in [3.8, 4) is 5.75 Å². The Morgan fingerprint density at radius 1 is 1.08 bits per heavy atom. The van der Waals surface area contributed by atoms with E-state index in [2.05, 4.69) is 5.32 Å². The van der Waals surface area contributed by atoms with Crippen LogP contribution in [0.5, 0.6) is 5.75 Å². The zero-order valence-corrected chi connectivity index (χ0v) is 15.3. The van der Waals surface area contributed by atoms with Gasteiger partial charge >= 0.3 is 5.97 Å². The van der Waals surface area contributed by atoms with E-state index in [4.69, 9.17) is 9.47 Å². The van der Waals surface area contributed by atoms with Crippen LogP contribution in [-0.4, -0.2) is 31.3 Å². The molecule has 2 rings (SSSR count). The second kappa shape index (κ2) is 9.13. The van der Waals surface area contributed by atoms with Crippen molar-refractivity contribution in [3.63, 3.8) is 0 Å². The minimum absolute atomic E-state index is 0.238. The van der Waals surface area contributed by atoms with Crippen LogP contribution in [0.3, 0.4) is 0 Å². The molecule has 0 aromatic heterocycles. The third-order valence-electron chi connectivity index (χ3n) is 3.42. The summed E-state index contributed by atoms with van der Waals surface area (Å²) in [5, 5.41) is 2.73. The summed E-state index contributed by atoms with van der Waals surface area (Å²) in [5.41, 5.74) is 2.76. The highest BCUT2D eigenvalue weighted by molar-refractivity contribution is 7.98. The maximum Gasteiger partial charge on any atom is 0.344 e. The molecule has 0 aliphatic heterocycles. The molecule has 0 heterocycles. The number of hydrogen-bond acceptors (Lipinski definition) is 5. The van der Waals surface area contributed by atoms with Crippen molar-refractivity contribution in [2.24, 2.45) is 0 Å². The highest BCUT2D eigenvalue weighted by atomic mass is 32.2. The van der Waals surface area contributed by atoms with Gasteiger partial charge in [-0.1, -0.05) is 29.8 Å². The number of nitrogens with one attached hydrogen (secondary N) is 1. The lowest BCUT2D eigenvalue weighted by molar-refractivity contribution is -0.149. The van der Waals surface area contributed by atoms with E-state index in [1.165, 1.54) is 11.8 Å². The quantitative estimate of drug-likeness (QED) is 0.605. The Labute approximate surface area is 151 Å². The van der Waals surface area contributed by atoms with Gasteiger partial charge in [-0.3, -0.25) is 4.79 Å². The van der Waals surface area contributed by atoms with E-state index in [1.807, 2.05) is 56.5 Å². The smallest absolute Gasteiger partial charge is 0.344 e. The lowest BCUT2D eigenvalue weighted by Crippen LogP contribution is -2.24. The monoisotopic (exact) mass is 359 g/mol. The average molecular weight is 359 g/mol. The third-order valence-corrected chi connectivity index (χ3v) is 4.22. The van der Waals surface area contributed by atoms with Crippen LogP contribution >= 0.6 is 11.8 Å². The average Bonchev–Trinajstić information content (AvgIpc) is 2.59.